The number of rotatable bonds is 6. The molecule has 1 fully saturated rings. The van der Waals surface area contributed by atoms with Gasteiger partial charge in [-0.1, -0.05) is 12.1 Å². The Balaban J connectivity index is 2.03. The van der Waals surface area contributed by atoms with Crippen molar-refractivity contribution >= 4 is 23.5 Å². The highest BCUT2D eigenvalue weighted by atomic mass is 16.5. The van der Waals surface area contributed by atoms with Crippen molar-refractivity contribution in [3.05, 3.63) is 42.5 Å². The molecule has 2 rings (SSSR count). The second-order valence-electron chi connectivity index (χ2n) is 5.28. The summed E-state index contributed by atoms with van der Waals surface area (Å²) in [5.74, 6) is -0.934. The molecule has 23 heavy (non-hydrogen) atoms. The lowest BCUT2D eigenvalue weighted by molar-refractivity contribution is -0.128. The highest BCUT2D eigenvalue weighted by Gasteiger charge is 2.23. The zero-order valence-electron chi connectivity index (χ0n) is 13.1. The molecule has 0 aliphatic carbocycles. The quantitative estimate of drug-likeness (QED) is 0.640. The summed E-state index contributed by atoms with van der Waals surface area (Å²) in [4.78, 5) is 37.3. The summed E-state index contributed by atoms with van der Waals surface area (Å²) in [7, 11) is 0. The number of esters is 1. The molecule has 1 aliphatic heterocycles. The van der Waals surface area contributed by atoms with Crippen molar-refractivity contribution in [2.24, 2.45) is 0 Å². The molecule has 6 nitrogen and oxygen atoms in total. The first-order valence-corrected chi connectivity index (χ1v) is 7.53. The Morgan fingerprint density at radius 1 is 1.48 bits per heavy atom. The molecule has 1 atom stereocenters. The van der Waals surface area contributed by atoms with Crippen LogP contribution in [-0.4, -0.2) is 37.0 Å². The summed E-state index contributed by atoms with van der Waals surface area (Å²) in [6.45, 7) is 5.97. The van der Waals surface area contributed by atoms with Gasteiger partial charge in [-0.05, 0) is 31.5 Å². The van der Waals surface area contributed by atoms with Crippen LogP contribution < -0.4 is 10.2 Å². The average Bonchev–Trinajstić information content (AvgIpc) is 2.98. The Morgan fingerprint density at radius 3 is 2.91 bits per heavy atom. The maximum Gasteiger partial charge on any atom is 0.338 e. The molecule has 1 aromatic rings. The minimum absolute atomic E-state index is 0.0488. The number of hydrogen-bond donors (Lipinski definition) is 1. The van der Waals surface area contributed by atoms with Gasteiger partial charge < -0.3 is 15.0 Å². The molecule has 0 bridgehead atoms. The first-order valence-electron chi connectivity index (χ1n) is 7.53. The van der Waals surface area contributed by atoms with Crippen LogP contribution in [0.25, 0.3) is 0 Å². The van der Waals surface area contributed by atoms with E-state index in [0.29, 0.717) is 30.8 Å². The summed E-state index contributed by atoms with van der Waals surface area (Å²) < 4.78 is 5.15. The first-order chi connectivity index (χ1) is 11.0. The van der Waals surface area contributed by atoms with Crippen LogP contribution in [0.4, 0.5) is 5.69 Å². The van der Waals surface area contributed by atoms with Gasteiger partial charge >= 0.3 is 5.97 Å². The van der Waals surface area contributed by atoms with Crippen LogP contribution in [0.15, 0.2) is 36.9 Å². The summed E-state index contributed by atoms with van der Waals surface area (Å²) in [5.41, 5.74) is 0.983. The van der Waals surface area contributed by atoms with E-state index in [-0.39, 0.29) is 11.8 Å². The van der Waals surface area contributed by atoms with E-state index in [1.54, 1.807) is 35.2 Å². The normalized spacial score (nSPS) is 15.2. The van der Waals surface area contributed by atoms with E-state index in [9.17, 15) is 14.4 Å². The smallest absolute Gasteiger partial charge is 0.338 e. The van der Waals surface area contributed by atoms with Gasteiger partial charge in [0.05, 0.1) is 5.56 Å². The monoisotopic (exact) mass is 316 g/mol. The lowest BCUT2D eigenvalue weighted by Gasteiger charge is -2.17. The van der Waals surface area contributed by atoms with Crippen LogP contribution >= 0.6 is 0 Å². The third-order valence-corrected chi connectivity index (χ3v) is 3.54. The Morgan fingerprint density at radius 2 is 2.26 bits per heavy atom. The SMILES string of the molecule is C=CCNC(=O)C(C)OC(=O)c1cccc(N2CCCC2=O)c1. The third kappa shape index (κ3) is 4.18. The van der Waals surface area contributed by atoms with Gasteiger partial charge in [-0.2, -0.15) is 0 Å². The molecular weight excluding hydrogens is 296 g/mol. The van der Waals surface area contributed by atoms with E-state index in [4.69, 9.17) is 4.74 Å². The van der Waals surface area contributed by atoms with Gasteiger partial charge in [-0.3, -0.25) is 9.59 Å². The summed E-state index contributed by atoms with van der Waals surface area (Å²) in [6.07, 6.45) is 1.98. The number of benzene rings is 1. The minimum atomic E-state index is -0.903. The van der Waals surface area contributed by atoms with Crippen LogP contribution in [0.2, 0.25) is 0 Å². The van der Waals surface area contributed by atoms with E-state index in [1.165, 1.54) is 6.92 Å². The second kappa shape index (κ2) is 7.58. The van der Waals surface area contributed by atoms with E-state index < -0.39 is 12.1 Å². The fraction of sp³-hybridized carbons (Fsp3) is 0.353. The van der Waals surface area contributed by atoms with Crippen molar-refractivity contribution in [2.45, 2.75) is 25.9 Å². The lowest BCUT2D eigenvalue weighted by atomic mass is 10.2. The Kier molecular flexibility index (Phi) is 5.51. The van der Waals surface area contributed by atoms with Crippen molar-refractivity contribution in [3.8, 4) is 0 Å². The zero-order chi connectivity index (χ0) is 16.8. The lowest BCUT2D eigenvalue weighted by Crippen LogP contribution is -2.35. The summed E-state index contributed by atoms with van der Waals surface area (Å²) >= 11 is 0. The third-order valence-electron chi connectivity index (χ3n) is 3.54. The van der Waals surface area contributed by atoms with Crippen molar-refractivity contribution < 1.29 is 19.1 Å². The van der Waals surface area contributed by atoms with E-state index in [2.05, 4.69) is 11.9 Å². The molecule has 6 heteroatoms. The molecule has 1 unspecified atom stereocenters. The van der Waals surface area contributed by atoms with E-state index >= 15 is 0 Å². The van der Waals surface area contributed by atoms with E-state index in [0.717, 1.165) is 6.42 Å². The Bertz CT molecular complexity index is 627. The standard InChI is InChI=1S/C17H20N2O4/c1-3-9-18-16(21)12(2)23-17(22)13-6-4-7-14(11-13)19-10-5-8-15(19)20/h3-4,6-7,11-12H,1,5,8-10H2,2H3,(H,18,21). The molecular formula is C17H20N2O4. The molecule has 1 aliphatic rings. The van der Waals surface area contributed by atoms with Crippen LogP contribution in [0.5, 0.6) is 0 Å². The molecule has 0 spiro atoms. The Labute approximate surface area is 135 Å². The maximum absolute atomic E-state index is 12.2. The number of amides is 2. The number of carbonyl (C=O) groups excluding carboxylic acids is 3. The topological polar surface area (TPSA) is 75.7 Å². The molecule has 2 amide bonds. The maximum atomic E-state index is 12.2. The van der Waals surface area contributed by atoms with Gasteiger partial charge in [0.25, 0.3) is 5.91 Å². The van der Waals surface area contributed by atoms with Crippen LogP contribution in [0, 0.1) is 0 Å². The van der Waals surface area contributed by atoms with Gasteiger partial charge in [0.1, 0.15) is 0 Å². The summed E-state index contributed by atoms with van der Waals surface area (Å²) in [6, 6.07) is 6.68. The molecule has 122 valence electrons. The van der Waals surface area contributed by atoms with Crippen LogP contribution in [-0.2, 0) is 14.3 Å². The number of ether oxygens (including phenoxy) is 1. The minimum Gasteiger partial charge on any atom is -0.449 e. The zero-order valence-corrected chi connectivity index (χ0v) is 13.1. The predicted molar refractivity (Wildman–Crippen MR) is 86.1 cm³/mol. The highest BCUT2D eigenvalue weighted by molar-refractivity contribution is 5.98. The van der Waals surface area contributed by atoms with Crippen LogP contribution in [0.1, 0.15) is 30.1 Å². The van der Waals surface area contributed by atoms with Crippen molar-refractivity contribution in [1.82, 2.24) is 5.32 Å². The molecule has 0 saturated carbocycles. The fourth-order valence-electron chi connectivity index (χ4n) is 2.32. The molecule has 1 N–H and O–H groups in total. The number of carbonyl (C=O) groups is 3. The molecule has 1 heterocycles. The number of nitrogens with zero attached hydrogens (tertiary/aromatic N) is 1. The molecule has 1 aromatic carbocycles. The molecule has 0 aromatic heterocycles. The van der Waals surface area contributed by atoms with Gasteiger partial charge in [0, 0.05) is 25.2 Å². The first kappa shape index (κ1) is 16.7. The van der Waals surface area contributed by atoms with Gasteiger partial charge in [-0.25, -0.2) is 4.79 Å². The molecule has 0 radical (unpaired) electrons. The van der Waals surface area contributed by atoms with Crippen molar-refractivity contribution in [2.75, 3.05) is 18.0 Å². The number of nitrogens with one attached hydrogen (secondary N) is 1. The second-order valence-corrected chi connectivity index (χ2v) is 5.28. The van der Waals surface area contributed by atoms with Gasteiger partial charge in [0.15, 0.2) is 6.10 Å². The number of hydrogen-bond acceptors (Lipinski definition) is 4. The van der Waals surface area contributed by atoms with E-state index in [1.807, 2.05) is 0 Å². The van der Waals surface area contributed by atoms with Crippen molar-refractivity contribution in [1.29, 1.82) is 0 Å². The fourth-order valence-corrected chi connectivity index (χ4v) is 2.32. The Hall–Kier alpha value is -2.63. The average molecular weight is 316 g/mol. The highest BCUT2D eigenvalue weighted by Crippen LogP contribution is 2.22. The number of anilines is 1. The largest absolute Gasteiger partial charge is 0.449 e. The van der Waals surface area contributed by atoms with Gasteiger partial charge in [-0.15, -0.1) is 6.58 Å². The molecule has 1 saturated heterocycles. The van der Waals surface area contributed by atoms with Crippen LogP contribution in [0.3, 0.4) is 0 Å². The summed E-state index contributed by atoms with van der Waals surface area (Å²) in [5, 5.41) is 2.56. The van der Waals surface area contributed by atoms with Gasteiger partial charge in [0.2, 0.25) is 5.91 Å². The predicted octanol–water partition coefficient (Wildman–Crippen LogP) is 1.66. The van der Waals surface area contributed by atoms with Crippen molar-refractivity contribution in [3.63, 3.8) is 0 Å².